The van der Waals surface area contributed by atoms with Crippen molar-refractivity contribution in [3.63, 3.8) is 0 Å². The fourth-order valence-electron chi connectivity index (χ4n) is 3.88. The monoisotopic (exact) mass is 385 g/mol. The number of imidazole rings is 1. The number of hydrogen-bond acceptors (Lipinski definition) is 5. The molecule has 138 valence electrons. The van der Waals surface area contributed by atoms with Gasteiger partial charge in [-0.05, 0) is 43.9 Å². The van der Waals surface area contributed by atoms with E-state index in [1.807, 2.05) is 6.92 Å². The molecule has 5 nitrogen and oxygen atoms in total. The fourth-order valence-corrected chi connectivity index (χ4v) is 5.11. The standard InChI is InChI=1S/C19H17F2N5S/c1-10(17-25-12-6-2-3-7-13(12)26(17)19(20)21)24-16-15-11-5-4-8-14(11)27-18(15)23-9-22-16/h2-3,6-7,9-10,19H,4-5,8H2,1H3,(H,22,23,24). The smallest absolute Gasteiger partial charge is 0.320 e. The predicted molar refractivity (Wildman–Crippen MR) is 102 cm³/mol. The van der Waals surface area contributed by atoms with Gasteiger partial charge in [0.15, 0.2) is 0 Å². The second kappa shape index (κ2) is 6.23. The summed E-state index contributed by atoms with van der Waals surface area (Å²) in [5.41, 5.74) is 2.29. The Balaban J connectivity index is 1.59. The Hall–Kier alpha value is -2.61. The van der Waals surface area contributed by atoms with Gasteiger partial charge in [-0.3, -0.25) is 4.57 Å². The number of rotatable bonds is 4. The minimum Gasteiger partial charge on any atom is -0.360 e. The van der Waals surface area contributed by atoms with E-state index in [9.17, 15) is 8.78 Å². The highest BCUT2D eigenvalue weighted by Crippen LogP contribution is 2.40. The quantitative estimate of drug-likeness (QED) is 0.531. The first-order chi connectivity index (χ1) is 13.1. The van der Waals surface area contributed by atoms with Crippen molar-refractivity contribution < 1.29 is 8.78 Å². The van der Waals surface area contributed by atoms with Crippen LogP contribution in [0.5, 0.6) is 0 Å². The van der Waals surface area contributed by atoms with Crippen LogP contribution < -0.4 is 5.32 Å². The van der Waals surface area contributed by atoms with Crippen LogP contribution in [0, 0.1) is 0 Å². The molecule has 0 bridgehead atoms. The van der Waals surface area contributed by atoms with Crippen molar-refractivity contribution in [3.8, 4) is 0 Å². The lowest BCUT2D eigenvalue weighted by atomic mass is 10.2. The Labute approximate surface area is 158 Å². The maximum Gasteiger partial charge on any atom is 0.320 e. The molecule has 4 aromatic rings. The van der Waals surface area contributed by atoms with Gasteiger partial charge in [0.2, 0.25) is 0 Å². The van der Waals surface area contributed by atoms with Gasteiger partial charge in [-0.1, -0.05) is 12.1 Å². The zero-order chi connectivity index (χ0) is 18.5. The highest BCUT2D eigenvalue weighted by molar-refractivity contribution is 7.19. The molecule has 0 amide bonds. The lowest BCUT2D eigenvalue weighted by molar-refractivity contribution is 0.0708. The molecular weight excluding hydrogens is 368 g/mol. The molecule has 3 heterocycles. The third kappa shape index (κ3) is 2.58. The summed E-state index contributed by atoms with van der Waals surface area (Å²) < 4.78 is 28.5. The van der Waals surface area contributed by atoms with Crippen LogP contribution in [-0.2, 0) is 12.8 Å². The molecule has 0 fully saturated rings. The first kappa shape index (κ1) is 16.6. The van der Waals surface area contributed by atoms with Crippen molar-refractivity contribution >= 4 is 38.4 Å². The van der Waals surface area contributed by atoms with Crippen LogP contribution in [0.4, 0.5) is 14.6 Å². The normalized spacial score (nSPS) is 15.0. The van der Waals surface area contributed by atoms with Crippen LogP contribution >= 0.6 is 11.3 Å². The van der Waals surface area contributed by atoms with Gasteiger partial charge in [-0.2, -0.15) is 8.78 Å². The number of halogens is 2. The fraction of sp³-hybridized carbons (Fsp3) is 0.316. The molecule has 1 aromatic carbocycles. The van der Waals surface area contributed by atoms with E-state index in [0.29, 0.717) is 22.7 Å². The maximum absolute atomic E-state index is 13.7. The highest BCUT2D eigenvalue weighted by atomic mass is 32.1. The van der Waals surface area contributed by atoms with E-state index in [2.05, 4.69) is 20.3 Å². The minimum absolute atomic E-state index is 0.296. The van der Waals surface area contributed by atoms with Crippen LogP contribution in [0.25, 0.3) is 21.3 Å². The van der Waals surface area contributed by atoms with Gasteiger partial charge in [-0.25, -0.2) is 15.0 Å². The van der Waals surface area contributed by atoms with E-state index in [1.54, 1.807) is 35.6 Å². The number of alkyl halides is 2. The molecule has 8 heteroatoms. The van der Waals surface area contributed by atoms with Gasteiger partial charge in [0.05, 0.1) is 22.5 Å². The van der Waals surface area contributed by atoms with Crippen LogP contribution in [0.15, 0.2) is 30.6 Å². The number of nitrogens with one attached hydrogen (secondary N) is 1. The number of benzene rings is 1. The number of hydrogen-bond donors (Lipinski definition) is 1. The Morgan fingerprint density at radius 2 is 2.04 bits per heavy atom. The van der Waals surface area contributed by atoms with Crippen LogP contribution in [-0.4, -0.2) is 19.5 Å². The van der Waals surface area contributed by atoms with E-state index >= 15 is 0 Å². The van der Waals surface area contributed by atoms with Gasteiger partial charge in [0.1, 0.15) is 22.8 Å². The first-order valence-electron chi connectivity index (χ1n) is 8.90. The SMILES string of the molecule is CC(Nc1ncnc2sc3c(c12)CCC3)c1nc2ccccc2n1C(F)F. The van der Waals surface area contributed by atoms with E-state index < -0.39 is 12.6 Å². The molecule has 0 spiro atoms. The third-order valence-corrected chi connectivity index (χ3v) is 6.26. The summed E-state index contributed by atoms with van der Waals surface area (Å²) in [7, 11) is 0. The number of fused-ring (bicyclic) bond motifs is 4. The topological polar surface area (TPSA) is 55.6 Å². The number of anilines is 1. The summed E-state index contributed by atoms with van der Waals surface area (Å²) in [6, 6.07) is 6.53. The van der Waals surface area contributed by atoms with Gasteiger partial charge in [0.25, 0.3) is 0 Å². The van der Waals surface area contributed by atoms with Crippen molar-refractivity contribution in [1.29, 1.82) is 0 Å². The van der Waals surface area contributed by atoms with Crippen molar-refractivity contribution in [2.24, 2.45) is 0 Å². The summed E-state index contributed by atoms with van der Waals surface area (Å²) in [5, 5.41) is 4.34. The van der Waals surface area contributed by atoms with Crippen molar-refractivity contribution in [2.45, 2.75) is 38.8 Å². The zero-order valence-corrected chi connectivity index (χ0v) is 15.4. The summed E-state index contributed by atoms with van der Waals surface area (Å²) in [6.07, 6.45) is 4.76. The second-order valence-electron chi connectivity index (χ2n) is 6.73. The molecule has 3 aromatic heterocycles. The van der Waals surface area contributed by atoms with Crippen LogP contribution in [0.1, 0.15) is 42.2 Å². The zero-order valence-electron chi connectivity index (χ0n) is 14.6. The molecule has 0 saturated heterocycles. The molecule has 0 aliphatic heterocycles. The molecule has 0 radical (unpaired) electrons. The van der Waals surface area contributed by atoms with E-state index in [4.69, 9.17) is 0 Å². The summed E-state index contributed by atoms with van der Waals surface area (Å²) in [4.78, 5) is 15.6. The molecule has 1 aliphatic carbocycles. The highest BCUT2D eigenvalue weighted by Gasteiger charge is 2.25. The molecule has 1 N–H and O–H groups in total. The average Bonchev–Trinajstić information content (AvgIpc) is 3.33. The number of aromatic nitrogens is 4. The van der Waals surface area contributed by atoms with E-state index in [1.165, 1.54) is 16.8 Å². The van der Waals surface area contributed by atoms with Crippen molar-refractivity contribution in [1.82, 2.24) is 19.5 Å². The maximum atomic E-state index is 13.7. The molecule has 27 heavy (non-hydrogen) atoms. The molecule has 5 rings (SSSR count). The number of para-hydroxylation sites is 2. The van der Waals surface area contributed by atoms with Crippen LogP contribution in [0.2, 0.25) is 0 Å². The lowest BCUT2D eigenvalue weighted by Gasteiger charge is -2.17. The summed E-state index contributed by atoms with van der Waals surface area (Å²) in [6.45, 7) is -0.826. The van der Waals surface area contributed by atoms with Gasteiger partial charge in [-0.15, -0.1) is 11.3 Å². The Bertz CT molecular complexity index is 1150. The second-order valence-corrected chi connectivity index (χ2v) is 7.82. The first-order valence-corrected chi connectivity index (χ1v) is 9.72. The van der Waals surface area contributed by atoms with Gasteiger partial charge >= 0.3 is 6.55 Å². The molecule has 1 unspecified atom stereocenters. The van der Waals surface area contributed by atoms with Crippen molar-refractivity contribution in [3.05, 3.63) is 46.9 Å². The molecule has 0 saturated carbocycles. The molecular formula is C19H17F2N5S. The Morgan fingerprint density at radius 3 is 2.89 bits per heavy atom. The number of nitrogens with zero attached hydrogens (tertiary/aromatic N) is 4. The van der Waals surface area contributed by atoms with Gasteiger partial charge in [0, 0.05) is 4.88 Å². The summed E-state index contributed by atoms with van der Waals surface area (Å²) in [5.74, 6) is 0.990. The average molecular weight is 385 g/mol. The number of thiophene rings is 1. The predicted octanol–water partition coefficient (Wildman–Crippen LogP) is 5.10. The Morgan fingerprint density at radius 1 is 1.19 bits per heavy atom. The lowest BCUT2D eigenvalue weighted by Crippen LogP contribution is -2.15. The van der Waals surface area contributed by atoms with E-state index in [0.717, 1.165) is 34.0 Å². The largest absolute Gasteiger partial charge is 0.360 e. The third-order valence-electron chi connectivity index (χ3n) is 5.06. The summed E-state index contributed by atoms with van der Waals surface area (Å²) >= 11 is 1.70. The van der Waals surface area contributed by atoms with E-state index in [-0.39, 0.29) is 0 Å². The molecule has 1 aliphatic rings. The minimum atomic E-state index is -2.66. The molecule has 1 atom stereocenters. The Kier molecular flexibility index (Phi) is 3.82. The number of aryl methyl sites for hydroxylation is 2. The van der Waals surface area contributed by atoms with Gasteiger partial charge < -0.3 is 5.32 Å². The van der Waals surface area contributed by atoms with Crippen LogP contribution in [0.3, 0.4) is 0 Å². The van der Waals surface area contributed by atoms with Crippen molar-refractivity contribution in [2.75, 3.05) is 5.32 Å².